The molecule has 2 N–H and O–H groups in total. The highest BCUT2D eigenvalue weighted by molar-refractivity contribution is 5.73. The number of hydrogen-bond donors (Lipinski definition) is 2. The van der Waals surface area contributed by atoms with E-state index in [1.165, 1.54) is 13.8 Å². The van der Waals surface area contributed by atoms with Crippen LogP contribution in [0.2, 0.25) is 0 Å². The van der Waals surface area contributed by atoms with Gasteiger partial charge in [-0.05, 0) is 0 Å². The first kappa shape index (κ1) is 19.8. The van der Waals surface area contributed by atoms with E-state index in [0.717, 1.165) is 13.8 Å². The number of esters is 3. The number of aliphatic hydroxyl groups is 1. The molecule has 5 atom stereocenters. The van der Waals surface area contributed by atoms with Crippen molar-refractivity contribution in [1.29, 1.82) is 0 Å². The van der Waals surface area contributed by atoms with E-state index in [2.05, 4.69) is 5.32 Å². The molecule has 136 valence electrons. The maximum absolute atomic E-state index is 11.4. The Hall–Kier alpha value is -2.20. The molecule has 0 aliphatic carbocycles. The van der Waals surface area contributed by atoms with Gasteiger partial charge in [0, 0.05) is 27.7 Å². The molecule has 0 spiro atoms. The summed E-state index contributed by atoms with van der Waals surface area (Å²) in [6.45, 7) is 4.28. The summed E-state index contributed by atoms with van der Waals surface area (Å²) in [6, 6.07) is -1.16. The topological polar surface area (TPSA) is 137 Å². The maximum Gasteiger partial charge on any atom is 0.303 e. The van der Waals surface area contributed by atoms with Crippen LogP contribution in [-0.2, 0) is 38.1 Å². The predicted molar refractivity (Wildman–Crippen MR) is 76.2 cm³/mol. The Labute approximate surface area is 138 Å². The molecule has 10 nitrogen and oxygen atoms in total. The van der Waals surface area contributed by atoms with Crippen molar-refractivity contribution in [3.8, 4) is 0 Å². The molecule has 0 bridgehead atoms. The molecule has 0 aromatic heterocycles. The Morgan fingerprint density at radius 2 is 1.50 bits per heavy atom. The van der Waals surface area contributed by atoms with Gasteiger partial charge < -0.3 is 29.4 Å². The maximum atomic E-state index is 11.4. The van der Waals surface area contributed by atoms with Gasteiger partial charge in [0.1, 0.15) is 18.8 Å². The second-order valence-electron chi connectivity index (χ2n) is 5.24. The minimum atomic E-state index is -1.56. The first-order chi connectivity index (χ1) is 11.1. The lowest BCUT2D eigenvalue weighted by molar-refractivity contribution is -0.264. The van der Waals surface area contributed by atoms with E-state index in [9.17, 15) is 24.3 Å². The van der Waals surface area contributed by atoms with Gasteiger partial charge in [-0.3, -0.25) is 19.2 Å². The van der Waals surface area contributed by atoms with Gasteiger partial charge >= 0.3 is 17.9 Å². The van der Waals surface area contributed by atoms with E-state index in [0.29, 0.717) is 0 Å². The zero-order valence-corrected chi connectivity index (χ0v) is 13.8. The van der Waals surface area contributed by atoms with E-state index in [4.69, 9.17) is 18.9 Å². The van der Waals surface area contributed by atoms with Crippen molar-refractivity contribution in [2.24, 2.45) is 0 Å². The van der Waals surface area contributed by atoms with Crippen LogP contribution in [0.3, 0.4) is 0 Å². The molecule has 1 rings (SSSR count). The van der Waals surface area contributed by atoms with Crippen molar-refractivity contribution in [3.63, 3.8) is 0 Å². The number of amides is 1. The van der Waals surface area contributed by atoms with Crippen LogP contribution in [0.1, 0.15) is 27.7 Å². The monoisotopic (exact) mass is 347 g/mol. The molecule has 0 unspecified atom stereocenters. The highest BCUT2D eigenvalue weighted by Gasteiger charge is 2.50. The fourth-order valence-electron chi connectivity index (χ4n) is 2.31. The van der Waals surface area contributed by atoms with Crippen molar-refractivity contribution in [1.82, 2.24) is 5.32 Å². The predicted octanol–water partition coefficient (Wildman–Crippen LogP) is -1.37. The number of aliphatic hydroxyl groups excluding tert-OH is 1. The summed E-state index contributed by atoms with van der Waals surface area (Å²) in [6.07, 6.45) is -5.06. The molecule has 0 radical (unpaired) electrons. The van der Waals surface area contributed by atoms with Crippen LogP contribution in [0.4, 0.5) is 0 Å². The summed E-state index contributed by atoms with van der Waals surface area (Å²) < 4.78 is 20.3. The Bertz CT molecular complexity index is 506. The molecule has 10 heteroatoms. The number of carbonyl (C=O) groups excluding carboxylic acids is 4. The smallest absolute Gasteiger partial charge is 0.303 e. The van der Waals surface area contributed by atoms with E-state index in [1.54, 1.807) is 0 Å². The number of carbonyl (C=O) groups is 4. The van der Waals surface area contributed by atoms with Gasteiger partial charge in [-0.25, -0.2) is 0 Å². The second kappa shape index (κ2) is 8.60. The molecule has 1 aliphatic rings. The fraction of sp³-hybridized carbons (Fsp3) is 0.714. The SMILES string of the molecule is CC(=O)N[C@H]1[C@H](OC(C)=O)[C@H](OC(C)=O)[C@@H](COC(C)=O)O[C@H]1O. The Balaban J connectivity index is 3.11. The average molecular weight is 347 g/mol. The van der Waals surface area contributed by atoms with Crippen molar-refractivity contribution >= 4 is 23.8 Å². The van der Waals surface area contributed by atoms with E-state index >= 15 is 0 Å². The molecular weight excluding hydrogens is 326 g/mol. The van der Waals surface area contributed by atoms with Gasteiger partial charge in [-0.15, -0.1) is 0 Å². The van der Waals surface area contributed by atoms with Crippen LogP contribution in [0.5, 0.6) is 0 Å². The van der Waals surface area contributed by atoms with Crippen LogP contribution in [-0.4, -0.2) is 66.2 Å². The fourth-order valence-corrected chi connectivity index (χ4v) is 2.31. The molecule has 1 saturated heterocycles. The van der Waals surface area contributed by atoms with Crippen LogP contribution in [0.25, 0.3) is 0 Å². The van der Waals surface area contributed by atoms with Gasteiger partial charge in [0.2, 0.25) is 5.91 Å². The Morgan fingerprint density at radius 3 is 1.96 bits per heavy atom. The van der Waals surface area contributed by atoms with Gasteiger partial charge in [-0.1, -0.05) is 0 Å². The zero-order valence-electron chi connectivity index (χ0n) is 13.8. The first-order valence-corrected chi connectivity index (χ1v) is 7.20. The van der Waals surface area contributed by atoms with Gasteiger partial charge in [0.05, 0.1) is 0 Å². The van der Waals surface area contributed by atoms with E-state index in [-0.39, 0.29) is 6.61 Å². The van der Waals surface area contributed by atoms with Crippen molar-refractivity contribution in [2.75, 3.05) is 6.61 Å². The molecule has 1 fully saturated rings. The lowest BCUT2D eigenvalue weighted by atomic mass is 9.96. The third kappa shape index (κ3) is 5.78. The van der Waals surface area contributed by atoms with Crippen LogP contribution < -0.4 is 5.32 Å². The van der Waals surface area contributed by atoms with Gasteiger partial charge in [0.15, 0.2) is 18.5 Å². The minimum absolute atomic E-state index is 0.338. The molecule has 1 heterocycles. The van der Waals surface area contributed by atoms with Crippen LogP contribution in [0, 0.1) is 0 Å². The highest BCUT2D eigenvalue weighted by atomic mass is 16.7. The summed E-state index contributed by atoms with van der Waals surface area (Å²) in [5.41, 5.74) is 0. The highest BCUT2D eigenvalue weighted by Crippen LogP contribution is 2.26. The van der Waals surface area contributed by atoms with Gasteiger partial charge in [-0.2, -0.15) is 0 Å². The summed E-state index contributed by atoms with van der Waals surface area (Å²) in [5, 5.41) is 12.5. The number of hydrogen-bond acceptors (Lipinski definition) is 9. The molecule has 0 saturated carbocycles. The van der Waals surface area contributed by atoms with Crippen molar-refractivity contribution in [3.05, 3.63) is 0 Å². The lowest BCUT2D eigenvalue weighted by Gasteiger charge is -2.43. The molecule has 0 aromatic carbocycles. The Morgan fingerprint density at radius 1 is 0.958 bits per heavy atom. The van der Waals surface area contributed by atoms with Crippen LogP contribution in [0.15, 0.2) is 0 Å². The largest absolute Gasteiger partial charge is 0.463 e. The third-order valence-electron chi connectivity index (χ3n) is 3.09. The molecular formula is C14H21NO9. The normalized spacial score (nSPS) is 29.3. The molecule has 1 aliphatic heterocycles. The zero-order chi connectivity index (χ0) is 18.4. The molecule has 1 amide bonds. The molecule has 24 heavy (non-hydrogen) atoms. The minimum Gasteiger partial charge on any atom is -0.463 e. The third-order valence-corrected chi connectivity index (χ3v) is 3.09. The van der Waals surface area contributed by atoms with Crippen molar-refractivity contribution in [2.45, 2.75) is 58.3 Å². The number of nitrogens with one attached hydrogen (secondary N) is 1. The van der Waals surface area contributed by atoms with E-state index in [1.807, 2.05) is 0 Å². The summed E-state index contributed by atoms with van der Waals surface area (Å²) in [4.78, 5) is 45.0. The average Bonchev–Trinajstić information content (AvgIpc) is 2.42. The molecule has 0 aromatic rings. The second-order valence-corrected chi connectivity index (χ2v) is 5.24. The summed E-state index contributed by atoms with van der Waals surface area (Å²) in [5.74, 6) is -2.54. The quantitative estimate of drug-likeness (QED) is 0.456. The summed E-state index contributed by atoms with van der Waals surface area (Å²) in [7, 11) is 0. The number of rotatable bonds is 5. The Kier molecular flexibility index (Phi) is 7.11. The number of ether oxygens (including phenoxy) is 4. The summed E-state index contributed by atoms with van der Waals surface area (Å²) >= 11 is 0. The van der Waals surface area contributed by atoms with E-state index < -0.39 is 54.5 Å². The van der Waals surface area contributed by atoms with Gasteiger partial charge in [0.25, 0.3) is 0 Å². The van der Waals surface area contributed by atoms with Crippen molar-refractivity contribution < 1.29 is 43.2 Å². The lowest BCUT2D eigenvalue weighted by Crippen LogP contribution is -2.66. The standard InChI is InChI=1S/C14H21NO9/c1-6(16)15-11-13(23-9(4)19)12(22-8(3)18)10(24-14(11)20)5-21-7(2)17/h10-14,20H,5H2,1-4H3,(H,15,16)/t10-,11+,12-,13+,14-/m1/s1. The first-order valence-electron chi connectivity index (χ1n) is 7.20. The van der Waals surface area contributed by atoms with Crippen LogP contribution >= 0.6 is 0 Å².